The number of fused-ring (bicyclic) bond motifs is 1. The van der Waals surface area contributed by atoms with Crippen molar-refractivity contribution in [2.45, 2.75) is 44.6 Å². The summed E-state index contributed by atoms with van der Waals surface area (Å²) in [6.07, 6.45) is 3.94. The Balaban J connectivity index is 1.87. The predicted octanol–water partition coefficient (Wildman–Crippen LogP) is 2.14. The van der Waals surface area contributed by atoms with E-state index in [9.17, 15) is 0 Å². The van der Waals surface area contributed by atoms with E-state index in [1.807, 2.05) is 11.8 Å². The largest absolute Gasteiger partial charge is 0.377 e. The molecule has 2 aliphatic rings. The van der Waals surface area contributed by atoms with Gasteiger partial charge in [0.2, 0.25) is 0 Å². The molecule has 1 N–H and O–H groups in total. The third-order valence-corrected chi connectivity index (χ3v) is 5.10. The summed E-state index contributed by atoms with van der Waals surface area (Å²) in [7, 11) is 0. The van der Waals surface area contributed by atoms with Gasteiger partial charge in [-0.3, -0.25) is 0 Å². The molecule has 1 saturated heterocycles. The molecule has 2 nitrogen and oxygen atoms in total. The molecular formula is C12H23NOS. The third-order valence-electron chi connectivity index (χ3n) is 4.13. The van der Waals surface area contributed by atoms with Crippen LogP contribution in [0.3, 0.4) is 0 Å². The van der Waals surface area contributed by atoms with Crippen LogP contribution in [0.4, 0.5) is 0 Å². The summed E-state index contributed by atoms with van der Waals surface area (Å²) in [5.41, 5.74) is 0.333. The Morgan fingerprint density at radius 1 is 1.53 bits per heavy atom. The molecule has 2 fully saturated rings. The summed E-state index contributed by atoms with van der Waals surface area (Å²) in [6, 6.07) is 0.666. The first-order valence-electron chi connectivity index (χ1n) is 5.95. The monoisotopic (exact) mass is 229 g/mol. The highest BCUT2D eigenvalue weighted by Gasteiger charge is 2.58. The number of hydrogen-bond acceptors (Lipinski definition) is 3. The van der Waals surface area contributed by atoms with Crippen LogP contribution in [0.15, 0.2) is 0 Å². The van der Waals surface area contributed by atoms with E-state index in [1.54, 1.807) is 0 Å². The van der Waals surface area contributed by atoms with Crippen LogP contribution in [-0.4, -0.2) is 36.8 Å². The maximum atomic E-state index is 5.79. The quantitative estimate of drug-likeness (QED) is 0.798. The molecule has 1 aliphatic carbocycles. The Labute approximate surface area is 97.5 Å². The van der Waals surface area contributed by atoms with E-state index in [2.05, 4.69) is 32.3 Å². The molecule has 1 aliphatic heterocycles. The highest BCUT2D eigenvalue weighted by molar-refractivity contribution is 7.99. The molecule has 1 heterocycles. The fraction of sp³-hybridized carbons (Fsp3) is 1.00. The zero-order valence-corrected chi connectivity index (χ0v) is 11.1. The summed E-state index contributed by atoms with van der Waals surface area (Å²) in [5, 5.41) is 4.44. The van der Waals surface area contributed by atoms with Crippen molar-refractivity contribution in [2.75, 3.05) is 19.4 Å². The van der Waals surface area contributed by atoms with Gasteiger partial charge in [-0.1, -0.05) is 20.8 Å². The second kappa shape index (κ2) is 4.27. The second-order valence-corrected chi connectivity index (χ2v) is 6.77. The van der Waals surface area contributed by atoms with E-state index in [1.165, 1.54) is 6.42 Å². The van der Waals surface area contributed by atoms with Gasteiger partial charge in [0.25, 0.3) is 0 Å². The molecule has 15 heavy (non-hydrogen) atoms. The number of thioether (sulfide) groups is 1. The first-order valence-corrected chi connectivity index (χ1v) is 7.24. The standard InChI is InChI=1S/C12H23NOS/c1-8(15-4)7-13-10-9-5-6-14-11(9)12(10,2)3/h8-11,13H,5-7H2,1-4H3. The molecule has 3 heteroatoms. The lowest BCUT2D eigenvalue weighted by atomic mass is 9.57. The van der Waals surface area contributed by atoms with Crippen molar-refractivity contribution in [1.29, 1.82) is 0 Å². The maximum Gasteiger partial charge on any atom is 0.0685 e. The van der Waals surface area contributed by atoms with Gasteiger partial charge in [-0.05, 0) is 12.7 Å². The van der Waals surface area contributed by atoms with Gasteiger partial charge in [-0.15, -0.1) is 0 Å². The minimum Gasteiger partial charge on any atom is -0.377 e. The molecule has 0 aromatic heterocycles. The molecule has 4 unspecified atom stereocenters. The van der Waals surface area contributed by atoms with Crippen molar-refractivity contribution in [1.82, 2.24) is 5.32 Å². The fourth-order valence-corrected chi connectivity index (χ4v) is 3.38. The molecule has 4 atom stereocenters. The van der Waals surface area contributed by atoms with Crippen LogP contribution in [0.5, 0.6) is 0 Å². The number of nitrogens with one attached hydrogen (secondary N) is 1. The summed E-state index contributed by atoms with van der Waals surface area (Å²) >= 11 is 1.93. The molecule has 0 aromatic carbocycles. The van der Waals surface area contributed by atoms with Crippen molar-refractivity contribution in [3.05, 3.63) is 0 Å². The highest BCUT2D eigenvalue weighted by atomic mass is 32.2. The summed E-state index contributed by atoms with van der Waals surface area (Å²) < 4.78 is 5.79. The first-order chi connectivity index (χ1) is 7.07. The van der Waals surface area contributed by atoms with E-state index in [0.29, 0.717) is 22.8 Å². The van der Waals surface area contributed by atoms with E-state index < -0.39 is 0 Å². The van der Waals surface area contributed by atoms with Gasteiger partial charge >= 0.3 is 0 Å². The normalized spacial score (nSPS) is 39.6. The van der Waals surface area contributed by atoms with Crippen LogP contribution < -0.4 is 5.32 Å². The van der Waals surface area contributed by atoms with Gasteiger partial charge in [-0.25, -0.2) is 0 Å². The number of rotatable bonds is 4. The minimum absolute atomic E-state index is 0.333. The second-order valence-electron chi connectivity index (χ2n) is 5.50. The number of hydrogen-bond donors (Lipinski definition) is 1. The first kappa shape index (κ1) is 11.7. The molecule has 0 radical (unpaired) electrons. The molecule has 88 valence electrons. The van der Waals surface area contributed by atoms with E-state index in [-0.39, 0.29) is 0 Å². The zero-order valence-electron chi connectivity index (χ0n) is 10.2. The average Bonchev–Trinajstić information content (AvgIpc) is 2.63. The van der Waals surface area contributed by atoms with Gasteiger partial charge in [0.15, 0.2) is 0 Å². The maximum absolute atomic E-state index is 5.79. The van der Waals surface area contributed by atoms with Crippen LogP contribution in [-0.2, 0) is 4.74 Å². The van der Waals surface area contributed by atoms with Gasteiger partial charge in [-0.2, -0.15) is 11.8 Å². The van der Waals surface area contributed by atoms with Gasteiger partial charge in [0.1, 0.15) is 0 Å². The lowest BCUT2D eigenvalue weighted by Gasteiger charge is -2.55. The highest BCUT2D eigenvalue weighted by Crippen LogP contribution is 2.52. The van der Waals surface area contributed by atoms with Gasteiger partial charge < -0.3 is 10.1 Å². The molecule has 1 saturated carbocycles. The van der Waals surface area contributed by atoms with Crippen molar-refractivity contribution in [2.24, 2.45) is 11.3 Å². The Morgan fingerprint density at radius 3 is 2.93 bits per heavy atom. The predicted molar refractivity (Wildman–Crippen MR) is 66.4 cm³/mol. The molecule has 0 aromatic rings. The summed E-state index contributed by atoms with van der Waals surface area (Å²) in [4.78, 5) is 0. The lowest BCUT2D eigenvalue weighted by molar-refractivity contribution is -0.112. The molecule has 2 rings (SSSR count). The molecule has 0 spiro atoms. The van der Waals surface area contributed by atoms with E-state index in [0.717, 1.165) is 19.1 Å². The summed E-state index contributed by atoms with van der Waals surface area (Å²) in [6.45, 7) is 9.04. The fourth-order valence-electron chi connectivity index (χ4n) is 3.11. The Morgan fingerprint density at radius 2 is 2.27 bits per heavy atom. The Hall–Kier alpha value is 0.270. The van der Waals surface area contributed by atoms with E-state index >= 15 is 0 Å². The van der Waals surface area contributed by atoms with Crippen molar-refractivity contribution in [3.63, 3.8) is 0 Å². The zero-order chi connectivity index (χ0) is 11.1. The van der Waals surface area contributed by atoms with Crippen LogP contribution >= 0.6 is 11.8 Å². The Kier molecular flexibility index (Phi) is 3.34. The van der Waals surface area contributed by atoms with Crippen LogP contribution in [0.25, 0.3) is 0 Å². The van der Waals surface area contributed by atoms with Crippen molar-refractivity contribution >= 4 is 11.8 Å². The van der Waals surface area contributed by atoms with Crippen molar-refractivity contribution in [3.8, 4) is 0 Å². The van der Waals surface area contributed by atoms with Crippen LogP contribution in [0.2, 0.25) is 0 Å². The Bertz CT molecular complexity index is 232. The smallest absolute Gasteiger partial charge is 0.0685 e. The van der Waals surface area contributed by atoms with E-state index in [4.69, 9.17) is 4.74 Å². The van der Waals surface area contributed by atoms with Crippen LogP contribution in [0.1, 0.15) is 27.2 Å². The van der Waals surface area contributed by atoms with Gasteiger partial charge in [0.05, 0.1) is 6.10 Å². The lowest BCUT2D eigenvalue weighted by Crippen LogP contribution is -2.66. The molecule has 0 amide bonds. The number of ether oxygens (including phenoxy) is 1. The summed E-state index contributed by atoms with van der Waals surface area (Å²) in [5.74, 6) is 0.772. The van der Waals surface area contributed by atoms with Gasteiger partial charge in [0, 0.05) is 35.8 Å². The third kappa shape index (κ3) is 1.94. The average molecular weight is 229 g/mol. The van der Waals surface area contributed by atoms with Crippen LogP contribution in [0, 0.1) is 11.3 Å². The SMILES string of the molecule is CSC(C)CNC1C2CCOC2C1(C)C. The topological polar surface area (TPSA) is 21.3 Å². The molecule has 0 bridgehead atoms. The van der Waals surface area contributed by atoms with Crippen molar-refractivity contribution < 1.29 is 4.74 Å². The minimum atomic E-state index is 0.333. The molecular weight excluding hydrogens is 206 g/mol.